The Morgan fingerprint density at radius 3 is 3.00 bits per heavy atom. The predicted molar refractivity (Wildman–Crippen MR) is 68.2 cm³/mol. The van der Waals surface area contributed by atoms with Crippen molar-refractivity contribution in [3.63, 3.8) is 0 Å². The van der Waals surface area contributed by atoms with Gasteiger partial charge in [0, 0.05) is 12.6 Å². The number of anilines is 1. The number of aliphatic hydroxyl groups is 1. The quantitative estimate of drug-likeness (QED) is 0.803. The second-order valence-corrected chi connectivity index (χ2v) is 5.04. The molecule has 1 fully saturated rings. The molecule has 0 saturated heterocycles. The molecule has 1 saturated carbocycles. The summed E-state index contributed by atoms with van der Waals surface area (Å²) in [6.45, 7) is 0.220. The number of nitrogens with zero attached hydrogens (tertiary/aromatic N) is 4. The van der Waals surface area contributed by atoms with Crippen LogP contribution in [0, 0.1) is 5.92 Å². The number of nitrogens with two attached hydrogens (primary N) is 1. The first-order valence-electron chi connectivity index (χ1n) is 5.95. The van der Waals surface area contributed by atoms with Crippen LogP contribution in [0.4, 0.5) is 5.82 Å². The van der Waals surface area contributed by atoms with Gasteiger partial charge in [-0.25, -0.2) is 15.0 Å². The number of imidazole rings is 1. The SMILES string of the molecule is Nc1ncnc2c1nc(Cl)n2[C@H]1CC[C@@H](CO)C1. The number of halogens is 1. The van der Waals surface area contributed by atoms with Gasteiger partial charge in [0.15, 0.2) is 17.0 Å². The highest BCUT2D eigenvalue weighted by molar-refractivity contribution is 6.29. The summed E-state index contributed by atoms with van der Waals surface area (Å²) in [4.78, 5) is 12.4. The van der Waals surface area contributed by atoms with Crippen molar-refractivity contribution in [3.05, 3.63) is 11.6 Å². The van der Waals surface area contributed by atoms with Gasteiger partial charge in [-0.2, -0.15) is 0 Å². The maximum Gasteiger partial charge on any atom is 0.205 e. The lowest BCUT2D eigenvalue weighted by molar-refractivity contribution is 0.226. The molecule has 1 aliphatic carbocycles. The average molecular weight is 268 g/mol. The number of fused-ring (bicyclic) bond motifs is 1. The molecule has 2 aromatic rings. The normalized spacial score (nSPS) is 23.9. The molecule has 2 heterocycles. The van der Waals surface area contributed by atoms with Crippen LogP contribution in [0.25, 0.3) is 11.2 Å². The Hall–Kier alpha value is -1.40. The van der Waals surface area contributed by atoms with Crippen LogP contribution in [0.1, 0.15) is 25.3 Å². The minimum absolute atomic E-state index is 0.220. The summed E-state index contributed by atoms with van der Waals surface area (Å²) in [6, 6.07) is 0.231. The Morgan fingerprint density at radius 2 is 2.28 bits per heavy atom. The largest absolute Gasteiger partial charge is 0.396 e. The summed E-state index contributed by atoms with van der Waals surface area (Å²) in [6.07, 6.45) is 4.29. The van der Waals surface area contributed by atoms with E-state index >= 15 is 0 Å². The van der Waals surface area contributed by atoms with Crippen molar-refractivity contribution in [1.82, 2.24) is 19.5 Å². The Kier molecular flexibility index (Phi) is 2.83. The first-order valence-corrected chi connectivity index (χ1v) is 6.33. The summed E-state index contributed by atoms with van der Waals surface area (Å²) in [5.74, 6) is 0.681. The molecule has 1 aliphatic rings. The van der Waals surface area contributed by atoms with Crippen LogP contribution in [0.2, 0.25) is 5.28 Å². The van der Waals surface area contributed by atoms with Gasteiger partial charge < -0.3 is 10.8 Å². The zero-order valence-electron chi connectivity index (χ0n) is 9.75. The van der Waals surface area contributed by atoms with Gasteiger partial charge >= 0.3 is 0 Å². The molecular weight excluding hydrogens is 254 g/mol. The summed E-state index contributed by atoms with van der Waals surface area (Å²) < 4.78 is 1.91. The molecule has 0 spiro atoms. The lowest BCUT2D eigenvalue weighted by atomic mass is 10.1. The highest BCUT2D eigenvalue weighted by Crippen LogP contribution is 2.38. The van der Waals surface area contributed by atoms with E-state index in [-0.39, 0.29) is 12.6 Å². The minimum Gasteiger partial charge on any atom is -0.396 e. The molecule has 2 atom stereocenters. The molecule has 96 valence electrons. The molecule has 0 radical (unpaired) electrons. The number of aliphatic hydroxyl groups excluding tert-OH is 1. The van der Waals surface area contributed by atoms with E-state index in [1.165, 1.54) is 6.33 Å². The van der Waals surface area contributed by atoms with Crippen molar-refractivity contribution >= 4 is 28.6 Å². The van der Waals surface area contributed by atoms with Crippen molar-refractivity contribution in [2.45, 2.75) is 25.3 Å². The predicted octanol–water partition coefficient (Wildman–Crippen LogP) is 1.40. The molecule has 7 heteroatoms. The molecule has 2 aromatic heterocycles. The molecule has 0 bridgehead atoms. The van der Waals surface area contributed by atoms with Gasteiger partial charge in [-0.15, -0.1) is 0 Å². The first-order chi connectivity index (χ1) is 8.70. The van der Waals surface area contributed by atoms with E-state index in [2.05, 4.69) is 15.0 Å². The molecule has 0 aromatic carbocycles. The van der Waals surface area contributed by atoms with Gasteiger partial charge in [-0.05, 0) is 36.8 Å². The fourth-order valence-electron chi connectivity index (χ4n) is 2.67. The summed E-state index contributed by atoms with van der Waals surface area (Å²) in [5.41, 5.74) is 6.99. The van der Waals surface area contributed by atoms with E-state index in [1.807, 2.05) is 4.57 Å². The van der Waals surface area contributed by atoms with E-state index in [9.17, 15) is 5.11 Å². The minimum atomic E-state index is 0.220. The van der Waals surface area contributed by atoms with Crippen LogP contribution < -0.4 is 5.73 Å². The maximum atomic E-state index is 9.20. The summed E-state index contributed by atoms with van der Waals surface area (Å²) in [5, 5.41) is 9.59. The van der Waals surface area contributed by atoms with Crippen molar-refractivity contribution < 1.29 is 5.11 Å². The van der Waals surface area contributed by atoms with E-state index in [4.69, 9.17) is 17.3 Å². The number of nitrogen functional groups attached to an aromatic ring is 1. The third-order valence-corrected chi connectivity index (χ3v) is 3.87. The summed E-state index contributed by atoms with van der Waals surface area (Å²) >= 11 is 6.18. The summed E-state index contributed by atoms with van der Waals surface area (Å²) in [7, 11) is 0. The van der Waals surface area contributed by atoms with Gasteiger partial charge in [0.2, 0.25) is 5.28 Å². The smallest absolute Gasteiger partial charge is 0.205 e. The fraction of sp³-hybridized carbons (Fsp3) is 0.545. The average Bonchev–Trinajstić information content (AvgIpc) is 2.93. The van der Waals surface area contributed by atoms with Crippen LogP contribution in [0.5, 0.6) is 0 Å². The van der Waals surface area contributed by atoms with E-state index in [1.54, 1.807) is 0 Å². The molecule has 0 amide bonds. The number of hydrogen-bond acceptors (Lipinski definition) is 5. The van der Waals surface area contributed by atoms with Crippen LogP contribution >= 0.6 is 11.6 Å². The van der Waals surface area contributed by atoms with Crippen molar-refractivity contribution in [2.75, 3.05) is 12.3 Å². The second-order valence-electron chi connectivity index (χ2n) is 4.70. The monoisotopic (exact) mass is 267 g/mol. The van der Waals surface area contributed by atoms with Crippen LogP contribution in [-0.2, 0) is 0 Å². The molecule has 3 rings (SSSR count). The standard InChI is InChI=1S/C11H14ClN5O/c12-11-16-8-9(13)14-5-15-10(8)17(11)7-2-1-6(3-7)4-18/h5-7,18H,1-4H2,(H2,13,14,15)/t6-,7+/m1/s1. The van der Waals surface area contributed by atoms with Gasteiger partial charge in [0.05, 0.1) is 0 Å². The van der Waals surface area contributed by atoms with E-state index in [0.717, 1.165) is 19.3 Å². The van der Waals surface area contributed by atoms with Gasteiger partial charge in [-0.3, -0.25) is 4.57 Å². The van der Waals surface area contributed by atoms with Crippen molar-refractivity contribution in [2.24, 2.45) is 5.92 Å². The highest BCUT2D eigenvalue weighted by atomic mass is 35.5. The zero-order valence-corrected chi connectivity index (χ0v) is 10.5. The lowest BCUT2D eigenvalue weighted by Gasteiger charge is -2.13. The third kappa shape index (κ3) is 1.72. The Labute approximate surface area is 109 Å². The van der Waals surface area contributed by atoms with Crippen LogP contribution in [0.15, 0.2) is 6.33 Å². The molecule has 18 heavy (non-hydrogen) atoms. The maximum absolute atomic E-state index is 9.20. The van der Waals surface area contributed by atoms with Crippen molar-refractivity contribution in [1.29, 1.82) is 0 Å². The third-order valence-electron chi connectivity index (χ3n) is 3.60. The fourth-order valence-corrected chi connectivity index (χ4v) is 2.97. The Morgan fingerprint density at radius 1 is 1.44 bits per heavy atom. The molecule has 0 unspecified atom stereocenters. The molecule has 6 nitrogen and oxygen atoms in total. The van der Waals surface area contributed by atoms with E-state index < -0.39 is 0 Å². The number of hydrogen-bond donors (Lipinski definition) is 2. The van der Waals surface area contributed by atoms with Gasteiger partial charge in [-0.1, -0.05) is 0 Å². The molecular formula is C11H14ClN5O. The van der Waals surface area contributed by atoms with Crippen LogP contribution in [0.3, 0.4) is 0 Å². The zero-order chi connectivity index (χ0) is 12.7. The number of aromatic nitrogens is 4. The molecule has 3 N–H and O–H groups in total. The highest BCUT2D eigenvalue weighted by Gasteiger charge is 2.29. The second kappa shape index (κ2) is 4.37. The Balaban J connectivity index is 2.07. The lowest BCUT2D eigenvalue weighted by Crippen LogP contribution is -2.08. The first kappa shape index (κ1) is 11.7. The van der Waals surface area contributed by atoms with Crippen molar-refractivity contribution in [3.8, 4) is 0 Å². The number of rotatable bonds is 2. The Bertz CT molecular complexity index is 584. The molecule has 0 aliphatic heterocycles. The van der Waals surface area contributed by atoms with Gasteiger partial charge in [0.1, 0.15) is 6.33 Å². The topological polar surface area (TPSA) is 89.9 Å². The van der Waals surface area contributed by atoms with Crippen LogP contribution in [-0.4, -0.2) is 31.2 Å². The van der Waals surface area contributed by atoms with E-state index in [0.29, 0.717) is 28.2 Å². The van der Waals surface area contributed by atoms with Gasteiger partial charge in [0.25, 0.3) is 0 Å².